The van der Waals surface area contributed by atoms with E-state index in [1.807, 2.05) is 13.0 Å². The molecule has 154 valence electrons. The summed E-state index contributed by atoms with van der Waals surface area (Å²) in [7, 11) is 0. The first-order valence-corrected chi connectivity index (χ1v) is 10.6. The highest BCUT2D eigenvalue weighted by Crippen LogP contribution is 2.35. The Kier molecular flexibility index (Phi) is 6.42. The number of likely N-dealkylation sites (tertiary alicyclic amines) is 1. The second-order valence-electron chi connectivity index (χ2n) is 7.73. The van der Waals surface area contributed by atoms with Crippen molar-refractivity contribution in [1.82, 2.24) is 14.9 Å². The van der Waals surface area contributed by atoms with Crippen LogP contribution in [0.15, 0.2) is 29.9 Å². The van der Waals surface area contributed by atoms with Crippen molar-refractivity contribution >= 4 is 29.0 Å². The molecule has 3 heterocycles. The summed E-state index contributed by atoms with van der Waals surface area (Å²) < 4.78 is 5.29. The number of aromatic nitrogens is 2. The van der Waals surface area contributed by atoms with Crippen LogP contribution in [0.2, 0.25) is 0 Å². The Labute approximate surface area is 174 Å². The molecule has 1 fully saturated rings. The third kappa shape index (κ3) is 4.70. The van der Waals surface area contributed by atoms with Crippen molar-refractivity contribution in [2.75, 3.05) is 6.54 Å². The van der Waals surface area contributed by atoms with E-state index >= 15 is 0 Å². The van der Waals surface area contributed by atoms with Crippen molar-refractivity contribution in [3.8, 4) is 0 Å². The van der Waals surface area contributed by atoms with E-state index in [9.17, 15) is 14.4 Å². The molecule has 7 nitrogen and oxygen atoms in total. The molecular formula is C21H25N3O4S. The van der Waals surface area contributed by atoms with Crippen molar-refractivity contribution in [2.45, 2.75) is 52.7 Å². The van der Waals surface area contributed by atoms with Gasteiger partial charge in [-0.3, -0.25) is 14.6 Å². The van der Waals surface area contributed by atoms with Crippen LogP contribution in [0.25, 0.3) is 0 Å². The number of pyridine rings is 1. The van der Waals surface area contributed by atoms with E-state index in [-0.39, 0.29) is 24.1 Å². The highest BCUT2D eigenvalue weighted by molar-refractivity contribution is 7.09. The first-order valence-electron chi connectivity index (χ1n) is 9.70. The zero-order chi connectivity index (χ0) is 21.0. The second-order valence-corrected chi connectivity index (χ2v) is 8.62. The van der Waals surface area contributed by atoms with Gasteiger partial charge in [-0.1, -0.05) is 26.8 Å². The number of hydrogen-bond donors (Lipinski definition) is 0. The number of rotatable bonds is 7. The quantitative estimate of drug-likeness (QED) is 0.507. The zero-order valence-corrected chi connectivity index (χ0v) is 17.7. The molecule has 1 unspecified atom stereocenters. The number of carbonyl (C=O) groups excluding carboxylic acids is 3. The Bertz CT molecular complexity index is 894. The smallest absolute Gasteiger partial charge is 0.358 e. The molecule has 0 aromatic carbocycles. The van der Waals surface area contributed by atoms with Gasteiger partial charge in [0.1, 0.15) is 11.6 Å². The molecule has 1 saturated heterocycles. The van der Waals surface area contributed by atoms with Gasteiger partial charge in [0.2, 0.25) is 5.78 Å². The number of amides is 1. The number of Topliss-reactive ketones (excluding diaryl/α,β-unsaturated/α-hetero) is 1. The molecule has 0 bridgehead atoms. The Balaban J connectivity index is 1.68. The SMILES string of the molecule is CCC(C)(C)C(=O)C(=O)N1CCCC1c1nc(C(=O)OCc2cccnc2)cs1. The maximum absolute atomic E-state index is 12.8. The molecular weight excluding hydrogens is 390 g/mol. The average molecular weight is 416 g/mol. The summed E-state index contributed by atoms with van der Waals surface area (Å²) in [6.45, 7) is 6.12. The molecule has 0 saturated carbocycles. The standard InChI is InChI=1S/C21H25N3O4S/c1-4-21(2,3)17(25)19(26)24-10-6-8-16(24)18-23-15(13-29-18)20(27)28-12-14-7-5-9-22-11-14/h5,7,9,11,13,16H,4,6,8,10,12H2,1-3H3. The summed E-state index contributed by atoms with van der Waals surface area (Å²) in [5, 5.41) is 2.30. The van der Waals surface area contributed by atoms with Gasteiger partial charge in [0.05, 0.1) is 6.04 Å². The predicted molar refractivity (Wildman–Crippen MR) is 108 cm³/mol. The molecule has 0 spiro atoms. The first kappa shape index (κ1) is 21.1. The minimum absolute atomic E-state index is 0.119. The van der Waals surface area contributed by atoms with Crippen LogP contribution >= 0.6 is 11.3 Å². The van der Waals surface area contributed by atoms with Gasteiger partial charge < -0.3 is 9.64 Å². The predicted octanol–water partition coefficient (Wildman–Crippen LogP) is 3.56. The molecule has 1 aliphatic rings. The fourth-order valence-electron chi connectivity index (χ4n) is 3.09. The maximum Gasteiger partial charge on any atom is 0.358 e. The third-order valence-corrected chi connectivity index (χ3v) is 6.26. The fourth-order valence-corrected chi connectivity index (χ4v) is 4.02. The van der Waals surface area contributed by atoms with Crippen molar-refractivity contribution < 1.29 is 19.1 Å². The number of carbonyl (C=O) groups is 3. The number of ether oxygens (including phenoxy) is 1. The molecule has 3 rings (SSSR count). The Morgan fingerprint density at radius 1 is 1.34 bits per heavy atom. The van der Waals surface area contributed by atoms with Gasteiger partial charge in [0, 0.05) is 35.3 Å². The Hall–Kier alpha value is -2.61. The van der Waals surface area contributed by atoms with Crippen LogP contribution in [0.3, 0.4) is 0 Å². The van der Waals surface area contributed by atoms with Crippen LogP contribution in [0.4, 0.5) is 0 Å². The van der Waals surface area contributed by atoms with Gasteiger partial charge in [-0.25, -0.2) is 9.78 Å². The van der Waals surface area contributed by atoms with Crippen LogP contribution in [0.5, 0.6) is 0 Å². The largest absolute Gasteiger partial charge is 0.456 e. The monoisotopic (exact) mass is 415 g/mol. The molecule has 0 radical (unpaired) electrons. The van der Waals surface area contributed by atoms with Crippen molar-refractivity contribution in [1.29, 1.82) is 0 Å². The molecule has 2 aromatic heterocycles. The summed E-state index contributed by atoms with van der Waals surface area (Å²) in [5.41, 5.74) is 0.322. The van der Waals surface area contributed by atoms with Gasteiger partial charge in [-0.2, -0.15) is 0 Å². The average Bonchev–Trinajstić information content (AvgIpc) is 3.41. The van der Waals surface area contributed by atoms with Crippen LogP contribution in [-0.4, -0.2) is 39.1 Å². The van der Waals surface area contributed by atoms with E-state index < -0.39 is 17.3 Å². The molecule has 2 aromatic rings. The lowest BCUT2D eigenvalue weighted by molar-refractivity contribution is -0.149. The number of hydrogen-bond acceptors (Lipinski definition) is 7. The molecule has 0 aliphatic carbocycles. The molecule has 29 heavy (non-hydrogen) atoms. The fraction of sp³-hybridized carbons (Fsp3) is 0.476. The maximum atomic E-state index is 12.8. The molecule has 0 N–H and O–H groups in total. The van der Waals surface area contributed by atoms with Crippen LogP contribution in [0.1, 0.15) is 67.1 Å². The van der Waals surface area contributed by atoms with Crippen molar-refractivity contribution in [2.24, 2.45) is 5.41 Å². The number of nitrogens with zero attached hydrogens (tertiary/aromatic N) is 3. The van der Waals surface area contributed by atoms with Crippen LogP contribution in [-0.2, 0) is 20.9 Å². The normalized spacial score (nSPS) is 16.7. The van der Waals surface area contributed by atoms with E-state index in [4.69, 9.17) is 4.74 Å². The lowest BCUT2D eigenvalue weighted by Gasteiger charge is -2.27. The molecule has 1 aliphatic heterocycles. The van der Waals surface area contributed by atoms with E-state index in [1.54, 1.807) is 42.6 Å². The first-order chi connectivity index (χ1) is 13.8. The molecule has 1 atom stereocenters. The van der Waals surface area contributed by atoms with Crippen molar-refractivity contribution in [3.05, 3.63) is 46.2 Å². The Morgan fingerprint density at radius 2 is 2.14 bits per heavy atom. The van der Waals surface area contributed by atoms with Crippen LogP contribution in [0, 0.1) is 5.41 Å². The lowest BCUT2D eigenvalue weighted by Crippen LogP contribution is -2.42. The van der Waals surface area contributed by atoms with E-state index in [2.05, 4.69) is 9.97 Å². The minimum atomic E-state index is -0.686. The van der Waals surface area contributed by atoms with E-state index in [1.165, 1.54) is 11.3 Å². The highest BCUT2D eigenvalue weighted by Gasteiger charge is 2.40. The Morgan fingerprint density at radius 3 is 2.83 bits per heavy atom. The summed E-state index contributed by atoms with van der Waals surface area (Å²) in [5.74, 6) is -1.36. The van der Waals surface area contributed by atoms with Gasteiger partial charge in [-0.15, -0.1) is 11.3 Å². The number of esters is 1. The third-order valence-electron chi connectivity index (χ3n) is 5.32. The summed E-state index contributed by atoms with van der Waals surface area (Å²) in [6.07, 6.45) is 5.41. The lowest BCUT2D eigenvalue weighted by atomic mass is 9.84. The number of thiazole rings is 1. The zero-order valence-electron chi connectivity index (χ0n) is 16.9. The molecule has 1 amide bonds. The van der Waals surface area contributed by atoms with Gasteiger partial charge in [0.15, 0.2) is 5.69 Å². The summed E-state index contributed by atoms with van der Waals surface area (Å²) in [4.78, 5) is 47.7. The topological polar surface area (TPSA) is 89.5 Å². The highest BCUT2D eigenvalue weighted by atomic mass is 32.1. The van der Waals surface area contributed by atoms with Crippen molar-refractivity contribution in [3.63, 3.8) is 0 Å². The van der Waals surface area contributed by atoms with Crippen LogP contribution < -0.4 is 0 Å². The summed E-state index contributed by atoms with van der Waals surface area (Å²) >= 11 is 1.31. The second kappa shape index (κ2) is 8.82. The van der Waals surface area contributed by atoms with Gasteiger partial charge in [0.25, 0.3) is 5.91 Å². The van der Waals surface area contributed by atoms with E-state index in [0.717, 1.165) is 18.4 Å². The molecule has 8 heteroatoms. The number of ketones is 1. The van der Waals surface area contributed by atoms with E-state index in [0.29, 0.717) is 18.0 Å². The minimum Gasteiger partial charge on any atom is -0.456 e. The van der Waals surface area contributed by atoms with Gasteiger partial charge in [-0.05, 0) is 25.3 Å². The van der Waals surface area contributed by atoms with Gasteiger partial charge >= 0.3 is 5.97 Å². The summed E-state index contributed by atoms with van der Waals surface area (Å²) in [6, 6.07) is 3.32.